The van der Waals surface area contributed by atoms with E-state index in [4.69, 9.17) is 4.74 Å². The van der Waals surface area contributed by atoms with Gasteiger partial charge in [0, 0.05) is 62.8 Å². The minimum absolute atomic E-state index is 0. The zero-order chi connectivity index (χ0) is 21.6. The third-order valence-electron chi connectivity index (χ3n) is 6.62. The Balaban J connectivity index is 0.00000289. The number of aromatic amines is 1. The van der Waals surface area contributed by atoms with Gasteiger partial charge in [-0.1, -0.05) is 25.1 Å². The molecule has 0 saturated carbocycles. The number of ether oxygens (including phenoxy) is 1. The number of aliphatic imine (C=N–C) groups is 1. The lowest BCUT2D eigenvalue weighted by molar-refractivity contribution is -0.140. The van der Waals surface area contributed by atoms with Crippen LogP contribution >= 0.6 is 24.0 Å². The van der Waals surface area contributed by atoms with Crippen molar-refractivity contribution in [3.05, 3.63) is 35.5 Å². The number of likely N-dealkylation sites (tertiary alicyclic amines) is 1. The summed E-state index contributed by atoms with van der Waals surface area (Å²) in [5, 5.41) is 4.85. The van der Waals surface area contributed by atoms with E-state index in [0.29, 0.717) is 19.1 Å². The number of carbonyl (C=O) groups is 1. The van der Waals surface area contributed by atoms with Crippen LogP contribution in [0.1, 0.15) is 30.9 Å². The zero-order valence-electron chi connectivity index (χ0n) is 19.2. The van der Waals surface area contributed by atoms with E-state index in [9.17, 15) is 4.79 Å². The Morgan fingerprint density at radius 3 is 2.59 bits per heavy atom. The van der Waals surface area contributed by atoms with Gasteiger partial charge in [0.1, 0.15) is 0 Å². The number of hydrogen-bond donors (Lipinski definition) is 2. The van der Waals surface area contributed by atoms with Gasteiger partial charge in [-0.2, -0.15) is 0 Å². The number of morpholine rings is 1. The van der Waals surface area contributed by atoms with Crippen molar-refractivity contribution < 1.29 is 9.53 Å². The number of nitrogens with zero attached hydrogens (tertiary/aromatic N) is 3. The summed E-state index contributed by atoms with van der Waals surface area (Å²) in [6.45, 7) is 7.56. The predicted octanol–water partition coefficient (Wildman–Crippen LogP) is 3.04. The minimum atomic E-state index is 0. The first kappa shape index (κ1) is 24.8. The maximum atomic E-state index is 12.8. The van der Waals surface area contributed by atoms with Crippen LogP contribution in [0.4, 0.5) is 0 Å². The van der Waals surface area contributed by atoms with Crippen LogP contribution in [0.5, 0.6) is 0 Å². The molecule has 3 heterocycles. The van der Waals surface area contributed by atoms with Gasteiger partial charge in [-0.15, -0.1) is 24.0 Å². The largest absolute Gasteiger partial charge is 0.378 e. The second-order valence-corrected chi connectivity index (χ2v) is 8.43. The average Bonchev–Trinajstić information content (AvgIpc) is 3.25. The van der Waals surface area contributed by atoms with E-state index in [0.717, 1.165) is 64.4 Å². The minimum Gasteiger partial charge on any atom is -0.378 e. The number of carbonyl (C=O) groups excluding carboxylic acids is 1. The molecule has 0 unspecified atom stereocenters. The maximum Gasteiger partial charge on any atom is 0.225 e. The number of nitrogens with one attached hydrogen (secondary N) is 2. The highest BCUT2D eigenvalue weighted by Crippen LogP contribution is 2.23. The van der Waals surface area contributed by atoms with Gasteiger partial charge in [0.05, 0.1) is 13.2 Å². The highest BCUT2D eigenvalue weighted by atomic mass is 127. The van der Waals surface area contributed by atoms with Crippen molar-refractivity contribution in [3.8, 4) is 0 Å². The van der Waals surface area contributed by atoms with Crippen molar-refractivity contribution in [2.45, 2.75) is 32.6 Å². The molecule has 1 amide bonds. The van der Waals surface area contributed by atoms with E-state index in [-0.39, 0.29) is 29.9 Å². The van der Waals surface area contributed by atoms with Gasteiger partial charge in [-0.3, -0.25) is 9.79 Å². The molecule has 2 saturated heterocycles. The number of aromatic nitrogens is 1. The zero-order valence-corrected chi connectivity index (χ0v) is 21.6. The highest BCUT2D eigenvalue weighted by Gasteiger charge is 2.30. The standard InChI is InChI=1S/C24H35N5O2.HI/c1-3-18-5-4-6-21-20(17-27-22(18)21)7-10-26-24(25-2)29-11-8-19(9-12-29)23(30)28-13-15-31-16-14-28;/h4-6,17,19,27H,3,7-16H2,1-2H3,(H,25,26);1H. The fourth-order valence-electron chi connectivity index (χ4n) is 4.80. The van der Waals surface area contributed by atoms with E-state index in [1.165, 1.54) is 22.0 Å². The number of piperidine rings is 1. The Hall–Kier alpha value is -1.81. The maximum absolute atomic E-state index is 12.8. The SMILES string of the molecule is CCc1cccc2c(CCNC(=NC)N3CCC(C(=O)N4CCOCC4)CC3)c[nH]c12.I. The average molecular weight is 553 g/mol. The number of hydrogen-bond acceptors (Lipinski definition) is 3. The molecular formula is C24H36IN5O2. The first-order chi connectivity index (χ1) is 15.2. The van der Waals surface area contributed by atoms with E-state index >= 15 is 0 Å². The molecule has 8 heteroatoms. The lowest BCUT2D eigenvalue weighted by Crippen LogP contribution is -2.50. The number of guanidine groups is 1. The molecule has 4 rings (SSSR count). The Kier molecular flexibility index (Phi) is 9.22. The topological polar surface area (TPSA) is 73.0 Å². The van der Waals surface area contributed by atoms with Gasteiger partial charge in [0.25, 0.3) is 0 Å². The lowest BCUT2D eigenvalue weighted by Gasteiger charge is -2.36. The van der Waals surface area contributed by atoms with E-state index in [1.54, 1.807) is 0 Å². The molecule has 2 fully saturated rings. The third kappa shape index (κ3) is 5.57. The molecule has 2 aliphatic heterocycles. The van der Waals surface area contributed by atoms with Crippen LogP contribution in [0, 0.1) is 5.92 Å². The number of fused-ring (bicyclic) bond motifs is 1. The van der Waals surface area contributed by atoms with E-state index < -0.39 is 0 Å². The van der Waals surface area contributed by atoms with Crippen molar-refractivity contribution in [2.75, 3.05) is 53.0 Å². The van der Waals surface area contributed by atoms with Crippen LogP contribution < -0.4 is 5.32 Å². The predicted molar refractivity (Wildman–Crippen MR) is 140 cm³/mol. The summed E-state index contributed by atoms with van der Waals surface area (Å²) >= 11 is 0. The number of rotatable bonds is 5. The Labute approximate surface area is 208 Å². The van der Waals surface area contributed by atoms with E-state index in [2.05, 4.69) is 51.5 Å². The Morgan fingerprint density at radius 1 is 1.16 bits per heavy atom. The van der Waals surface area contributed by atoms with Crippen LogP contribution in [0.3, 0.4) is 0 Å². The van der Waals surface area contributed by atoms with Crippen LogP contribution in [0.2, 0.25) is 0 Å². The highest BCUT2D eigenvalue weighted by molar-refractivity contribution is 14.0. The number of para-hydroxylation sites is 1. The van der Waals surface area contributed by atoms with Crippen molar-refractivity contribution in [1.82, 2.24) is 20.1 Å². The molecule has 2 aromatic rings. The van der Waals surface area contributed by atoms with Crippen molar-refractivity contribution in [3.63, 3.8) is 0 Å². The molecule has 2 aliphatic rings. The number of aryl methyl sites for hydroxylation is 1. The summed E-state index contributed by atoms with van der Waals surface area (Å²) in [5.74, 6) is 1.37. The molecule has 2 N–H and O–H groups in total. The molecule has 176 valence electrons. The van der Waals surface area contributed by atoms with Gasteiger partial charge in [-0.05, 0) is 36.8 Å². The van der Waals surface area contributed by atoms with Crippen LogP contribution in [0.25, 0.3) is 10.9 Å². The van der Waals surface area contributed by atoms with Crippen molar-refractivity contribution in [2.24, 2.45) is 10.9 Å². The van der Waals surface area contributed by atoms with E-state index in [1.807, 2.05) is 11.9 Å². The first-order valence-electron chi connectivity index (χ1n) is 11.6. The fraction of sp³-hybridized carbons (Fsp3) is 0.583. The molecule has 0 aliphatic carbocycles. The molecule has 0 atom stereocenters. The molecule has 7 nitrogen and oxygen atoms in total. The summed E-state index contributed by atoms with van der Waals surface area (Å²) in [5.41, 5.74) is 3.96. The molecule has 0 bridgehead atoms. The third-order valence-corrected chi connectivity index (χ3v) is 6.62. The number of halogens is 1. The second-order valence-electron chi connectivity index (χ2n) is 8.43. The van der Waals surface area contributed by atoms with Crippen LogP contribution in [-0.4, -0.2) is 79.6 Å². The fourth-order valence-corrected chi connectivity index (χ4v) is 4.80. The summed E-state index contributed by atoms with van der Waals surface area (Å²) in [7, 11) is 1.84. The molecule has 1 aromatic carbocycles. The smallest absolute Gasteiger partial charge is 0.225 e. The summed E-state index contributed by atoms with van der Waals surface area (Å²) < 4.78 is 5.37. The van der Waals surface area contributed by atoms with Gasteiger partial charge in [0.15, 0.2) is 5.96 Å². The lowest BCUT2D eigenvalue weighted by atomic mass is 9.95. The first-order valence-corrected chi connectivity index (χ1v) is 11.6. The summed E-state index contributed by atoms with van der Waals surface area (Å²) in [6.07, 6.45) is 5.89. The molecule has 1 aromatic heterocycles. The van der Waals surface area contributed by atoms with Crippen LogP contribution in [-0.2, 0) is 22.4 Å². The van der Waals surface area contributed by atoms with Gasteiger partial charge < -0.3 is 24.8 Å². The molecular weight excluding hydrogens is 517 g/mol. The van der Waals surface area contributed by atoms with Crippen LogP contribution in [0.15, 0.2) is 29.4 Å². The quantitative estimate of drug-likeness (QED) is 0.339. The van der Waals surface area contributed by atoms with Crippen molar-refractivity contribution in [1.29, 1.82) is 0 Å². The van der Waals surface area contributed by atoms with Gasteiger partial charge in [-0.25, -0.2) is 0 Å². The van der Waals surface area contributed by atoms with Gasteiger partial charge in [0.2, 0.25) is 5.91 Å². The summed E-state index contributed by atoms with van der Waals surface area (Å²) in [6, 6.07) is 6.54. The Morgan fingerprint density at radius 2 is 1.91 bits per heavy atom. The van der Waals surface area contributed by atoms with Gasteiger partial charge >= 0.3 is 0 Å². The Bertz CT molecular complexity index is 914. The number of amides is 1. The molecule has 0 radical (unpaired) electrons. The number of H-pyrrole nitrogens is 1. The summed E-state index contributed by atoms with van der Waals surface area (Å²) in [4.78, 5) is 25.0. The van der Waals surface area contributed by atoms with Crippen molar-refractivity contribution >= 4 is 46.7 Å². The monoisotopic (exact) mass is 553 g/mol. The second kappa shape index (κ2) is 11.9. The number of benzene rings is 1. The molecule has 32 heavy (non-hydrogen) atoms. The molecule has 0 spiro atoms. The normalized spacial score (nSPS) is 18.0.